The first kappa shape index (κ1) is 26.7. The third-order valence-electron chi connectivity index (χ3n) is 5.92. The number of sulfone groups is 2. The number of hydrazine groups is 1. The summed E-state index contributed by atoms with van der Waals surface area (Å²) in [6, 6.07) is 14.7. The summed E-state index contributed by atoms with van der Waals surface area (Å²) in [7, 11) is -4.73. The maximum Gasteiger partial charge on any atom is 0.206 e. The van der Waals surface area contributed by atoms with Crippen LogP contribution < -0.4 is 11.2 Å². The summed E-state index contributed by atoms with van der Waals surface area (Å²) in [6.45, 7) is 2.21. The number of nitrogen functional groups attached to an aromatic ring is 1. The Bertz CT molecular complexity index is 1490. The Kier molecular flexibility index (Phi) is 7.93. The number of anilines is 1. The van der Waals surface area contributed by atoms with Gasteiger partial charge < -0.3 is 15.6 Å². The van der Waals surface area contributed by atoms with Gasteiger partial charge in [0.1, 0.15) is 15.7 Å². The summed E-state index contributed by atoms with van der Waals surface area (Å²) in [5, 5.41) is 1.89. The van der Waals surface area contributed by atoms with Gasteiger partial charge in [-0.2, -0.15) is 0 Å². The topological polar surface area (TPSA) is 139 Å². The number of nitrogens with one attached hydrogen (secondary N) is 1. The van der Waals surface area contributed by atoms with Gasteiger partial charge in [-0.1, -0.05) is 18.2 Å². The van der Waals surface area contributed by atoms with Crippen LogP contribution in [0.2, 0.25) is 0 Å². The van der Waals surface area contributed by atoms with Crippen molar-refractivity contribution in [2.75, 3.05) is 44.4 Å². The minimum atomic E-state index is -3.62. The van der Waals surface area contributed by atoms with Gasteiger partial charge in [0.15, 0.2) is 5.82 Å². The van der Waals surface area contributed by atoms with E-state index in [0.717, 1.165) is 11.3 Å². The zero-order chi connectivity index (χ0) is 26.6. The second-order valence-electron chi connectivity index (χ2n) is 8.92. The van der Waals surface area contributed by atoms with Gasteiger partial charge in [0.25, 0.3) is 0 Å². The fraction of sp³-hybridized carbons (Fsp3) is 0.280. The molecule has 3 aromatic rings. The van der Waals surface area contributed by atoms with E-state index in [1.165, 1.54) is 6.26 Å². The molecule has 3 N–H and O–H groups in total. The minimum Gasteiger partial charge on any atom is -0.383 e. The lowest BCUT2D eigenvalue weighted by atomic mass is 10.1. The first-order valence-corrected chi connectivity index (χ1v) is 15.2. The number of nitrogens with zero attached hydrogens (tertiary/aromatic N) is 4. The molecule has 4 rings (SSSR count). The van der Waals surface area contributed by atoms with E-state index in [-0.39, 0.29) is 15.5 Å². The second-order valence-corrected chi connectivity index (χ2v) is 13.1. The number of aromatic nitrogens is 2. The average Bonchev–Trinajstić information content (AvgIpc) is 2.87. The van der Waals surface area contributed by atoms with Crippen LogP contribution in [-0.4, -0.2) is 75.4 Å². The Morgan fingerprint density at radius 1 is 0.973 bits per heavy atom. The lowest BCUT2D eigenvalue weighted by Gasteiger charge is -2.27. The molecule has 1 aliphatic heterocycles. The van der Waals surface area contributed by atoms with E-state index >= 15 is 0 Å². The summed E-state index contributed by atoms with van der Waals surface area (Å²) in [4.78, 5) is 11.5. The summed E-state index contributed by atoms with van der Waals surface area (Å²) in [5.41, 5.74) is 11.7. The molecule has 0 amide bonds. The minimum absolute atomic E-state index is 0.124. The third kappa shape index (κ3) is 6.72. The Hall–Kier alpha value is -3.32. The number of likely N-dealkylation sites (N-methyl/N-ethyl adjacent to an activating group) is 1. The first-order chi connectivity index (χ1) is 17.5. The normalized spacial score (nSPS) is 13.6. The molecule has 1 aliphatic rings. The molecule has 0 radical (unpaired) electrons. The molecule has 12 heteroatoms. The van der Waals surface area contributed by atoms with E-state index in [0.29, 0.717) is 43.4 Å². The second kappa shape index (κ2) is 11.0. The summed E-state index contributed by atoms with van der Waals surface area (Å²) >= 11 is 0. The van der Waals surface area contributed by atoms with Crippen LogP contribution in [0.25, 0.3) is 17.5 Å². The van der Waals surface area contributed by atoms with Crippen LogP contribution in [-0.2, 0) is 26.2 Å². The predicted octanol–water partition coefficient (Wildman–Crippen LogP) is 1.83. The van der Waals surface area contributed by atoms with Crippen molar-refractivity contribution in [1.29, 1.82) is 0 Å². The highest BCUT2D eigenvalue weighted by atomic mass is 32.2. The average molecular weight is 543 g/mol. The van der Waals surface area contributed by atoms with Gasteiger partial charge in [-0.25, -0.2) is 32.2 Å². The Morgan fingerprint density at radius 3 is 2.32 bits per heavy atom. The van der Waals surface area contributed by atoms with Crippen LogP contribution in [0.4, 0.5) is 5.82 Å². The molecule has 196 valence electrons. The van der Waals surface area contributed by atoms with Gasteiger partial charge in [0.2, 0.25) is 9.84 Å². The van der Waals surface area contributed by atoms with E-state index in [9.17, 15) is 16.8 Å². The van der Waals surface area contributed by atoms with Crippen molar-refractivity contribution in [2.24, 2.45) is 0 Å². The predicted molar refractivity (Wildman–Crippen MR) is 144 cm³/mol. The summed E-state index contributed by atoms with van der Waals surface area (Å²) < 4.78 is 48.4. The highest BCUT2D eigenvalue weighted by Crippen LogP contribution is 2.27. The van der Waals surface area contributed by atoms with Crippen molar-refractivity contribution < 1.29 is 16.8 Å². The van der Waals surface area contributed by atoms with Crippen molar-refractivity contribution >= 4 is 31.6 Å². The van der Waals surface area contributed by atoms with Crippen LogP contribution in [0.15, 0.2) is 70.6 Å². The van der Waals surface area contributed by atoms with Crippen molar-refractivity contribution in [3.8, 4) is 11.4 Å². The van der Waals surface area contributed by atoms with Gasteiger partial charge in [-0.3, -0.25) is 0 Å². The van der Waals surface area contributed by atoms with Gasteiger partial charge in [0, 0.05) is 43.2 Å². The number of hydrogen-bond donors (Lipinski definition) is 2. The molecule has 10 nitrogen and oxygen atoms in total. The molecular weight excluding hydrogens is 512 g/mol. The lowest BCUT2D eigenvalue weighted by Crippen LogP contribution is -2.40. The molecule has 37 heavy (non-hydrogen) atoms. The Balaban J connectivity index is 1.43. The van der Waals surface area contributed by atoms with Crippen molar-refractivity contribution in [2.45, 2.75) is 16.3 Å². The van der Waals surface area contributed by atoms with Crippen molar-refractivity contribution in [3.05, 3.63) is 72.1 Å². The van der Waals surface area contributed by atoms with E-state index < -0.39 is 19.7 Å². The van der Waals surface area contributed by atoms with E-state index in [1.54, 1.807) is 54.6 Å². The van der Waals surface area contributed by atoms with Gasteiger partial charge in [-0.05, 0) is 49.5 Å². The van der Waals surface area contributed by atoms with E-state index in [2.05, 4.69) is 10.4 Å². The number of nitrogens with two attached hydrogens (primary N) is 1. The molecule has 0 bridgehead atoms. The number of rotatable bonds is 10. The van der Waals surface area contributed by atoms with E-state index in [4.69, 9.17) is 10.7 Å². The first-order valence-electron chi connectivity index (χ1n) is 11.6. The van der Waals surface area contributed by atoms with Crippen LogP contribution >= 0.6 is 0 Å². The zero-order valence-electron chi connectivity index (χ0n) is 20.7. The molecule has 2 heterocycles. The maximum atomic E-state index is 12.9. The molecule has 2 aromatic carbocycles. The molecule has 0 unspecified atom stereocenters. The maximum absolute atomic E-state index is 12.9. The fourth-order valence-corrected chi connectivity index (χ4v) is 5.72. The number of hydrogen-bond acceptors (Lipinski definition) is 10. The molecular formula is C25H30N6O4S2. The van der Waals surface area contributed by atoms with Crippen LogP contribution in [0.5, 0.6) is 0 Å². The highest BCUT2D eigenvalue weighted by Gasteiger charge is 2.20. The van der Waals surface area contributed by atoms with Gasteiger partial charge >= 0.3 is 0 Å². The monoisotopic (exact) mass is 542 g/mol. The number of benzene rings is 2. The van der Waals surface area contributed by atoms with E-state index in [1.807, 2.05) is 29.2 Å². The van der Waals surface area contributed by atoms with Crippen molar-refractivity contribution in [1.82, 2.24) is 25.3 Å². The lowest BCUT2D eigenvalue weighted by molar-refractivity contribution is 0.234. The summed E-state index contributed by atoms with van der Waals surface area (Å²) in [5.74, 6) is 0.881. The number of fused-ring (bicyclic) bond motifs is 1. The standard InChI is InChI=1S/C25H30N6O4S2/c1-30(16-17-36(2,32)33)15-13-27-31-14-12-22-23(18-31)28-25(29-24(22)26)19-8-10-21(11-9-19)37(34,35)20-6-4-3-5-7-20/h3-12,14,27H,13,15-18H2,1-2H3,(H2,26,28,29). The Morgan fingerprint density at radius 2 is 1.65 bits per heavy atom. The molecule has 0 saturated carbocycles. The molecule has 0 saturated heterocycles. The van der Waals surface area contributed by atoms with Gasteiger partial charge in [-0.15, -0.1) is 0 Å². The molecule has 0 spiro atoms. The molecule has 0 atom stereocenters. The van der Waals surface area contributed by atoms with Crippen molar-refractivity contribution in [3.63, 3.8) is 0 Å². The SMILES string of the molecule is CN(CCNN1C=Cc2c(N)nc(-c3ccc(S(=O)(=O)c4ccccc4)cc3)nc2C1)CCS(C)(=O)=O. The zero-order valence-corrected chi connectivity index (χ0v) is 22.3. The third-order valence-corrected chi connectivity index (χ3v) is 8.63. The van der Waals surface area contributed by atoms with Crippen LogP contribution in [0.3, 0.4) is 0 Å². The largest absolute Gasteiger partial charge is 0.383 e. The molecule has 0 aliphatic carbocycles. The van der Waals surface area contributed by atoms with Crippen LogP contribution in [0.1, 0.15) is 11.3 Å². The highest BCUT2D eigenvalue weighted by molar-refractivity contribution is 7.91. The quantitative estimate of drug-likeness (QED) is 0.390. The summed E-state index contributed by atoms with van der Waals surface area (Å²) in [6.07, 6.45) is 4.94. The molecule has 1 aromatic heterocycles. The van der Waals surface area contributed by atoms with Gasteiger partial charge in [0.05, 0.1) is 27.8 Å². The fourth-order valence-electron chi connectivity index (χ4n) is 3.79. The smallest absolute Gasteiger partial charge is 0.206 e. The molecule has 0 fully saturated rings. The Labute approximate surface area is 217 Å². The van der Waals surface area contributed by atoms with Crippen LogP contribution in [0, 0.1) is 0 Å².